The second-order valence-electron chi connectivity index (χ2n) is 11.9. The van der Waals surface area contributed by atoms with E-state index < -0.39 is 27.7 Å². The van der Waals surface area contributed by atoms with Gasteiger partial charge in [-0.25, -0.2) is 27.8 Å². The molecule has 0 spiro atoms. The number of fused-ring (bicyclic) bond motifs is 3. The number of aromatic nitrogens is 5. The van der Waals surface area contributed by atoms with E-state index in [2.05, 4.69) is 25.3 Å². The van der Waals surface area contributed by atoms with E-state index in [1.54, 1.807) is 30.5 Å². The van der Waals surface area contributed by atoms with Crippen LogP contribution in [-0.4, -0.2) is 67.3 Å². The molecule has 11 nitrogen and oxygen atoms in total. The number of rotatable bonds is 7. The average molecular weight is 630 g/mol. The molecule has 43 heavy (non-hydrogen) atoms. The van der Waals surface area contributed by atoms with Gasteiger partial charge in [0, 0.05) is 36.0 Å². The highest BCUT2D eigenvalue weighted by Gasteiger charge is 2.52. The highest BCUT2D eigenvalue weighted by Crippen LogP contribution is 2.40. The standard InChI is InChI=1S/C29H33ClFN7O4S/c1-15(2)37-23-10-17(9-21(31)25(23)35-27(37)29(4,5)39)24-20(30)13-33-28(36-24)34-22-11-18-14-42-26(16(22)3)38(18)43(40,41)19-7-6-8-32-12-19/h6-10,12-13,15-16,18,22,26,39H,11,14H2,1-5H3,(H,33,34,36)/t16?,18-,22+,26-/m0/s1. The zero-order valence-corrected chi connectivity index (χ0v) is 25.9. The molecule has 6 rings (SSSR count). The first-order valence-electron chi connectivity index (χ1n) is 14.1. The van der Waals surface area contributed by atoms with Crippen LogP contribution in [0.4, 0.5) is 10.3 Å². The Bertz CT molecular complexity index is 1800. The fraction of sp³-hybridized carbons (Fsp3) is 0.448. The Kier molecular flexibility index (Phi) is 7.45. The Labute approximate surface area is 254 Å². The summed E-state index contributed by atoms with van der Waals surface area (Å²) in [6.07, 6.45) is 4.11. The number of piperidine rings is 1. The number of hydrogen-bond acceptors (Lipinski definition) is 9. The molecule has 228 valence electrons. The Morgan fingerprint density at radius 3 is 2.67 bits per heavy atom. The molecule has 1 aromatic carbocycles. The lowest BCUT2D eigenvalue weighted by Gasteiger charge is -2.40. The smallest absolute Gasteiger partial charge is 0.247 e. The number of hydrogen-bond donors (Lipinski definition) is 2. The first-order chi connectivity index (χ1) is 20.3. The van der Waals surface area contributed by atoms with Gasteiger partial charge in [-0.2, -0.15) is 4.31 Å². The lowest BCUT2D eigenvalue weighted by atomic mass is 9.91. The zero-order valence-electron chi connectivity index (χ0n) is 24.4. The molecular formula is C29H33ClFN7O4S. The van der Waals surface area contributed by atoms with Crippen LogP contribution in [0, 0.1) is 11.7 Å². The van der Waals surface area contributed by atoms with Crippen LogP contribution in [0.3, 0.4) is 0 Å². The minimum atomic E-state index is -3.80. The van der Waals surface area contributed by atoms with Crippen molar-refractivity contribution in [3.8, 4) is 11.3 Å². The molecule has 0 aliphatic carbocycles. The number of benzene rings is 1. The van der Waals surface area contributed by atoms with Gasteiger partial charge in [0.1, 0.15) is 28.1 Å². The molecule has 2 aliphatic heterocycles. The first-order valence-corrected chi connectivity index (χ1v) is 15.9. The Hall–Kier alpha value is -3.23. The molecule has 2 bridgehead atoms. The summed E-state index contributed by atoms with van der Waals surface area (Å²) < 4.78 is 51.5. The van der Waals surface area contributed by atoms with Crippen LogP contribution in [0.5, 0.6) is 0 Å². The van der Waals surface area contributed by atoms with Crippen LogP contribution < -0.4 is 5.32 Å². The van der Waals surface area contributed by atoms with Crippen molar-refractivity contribution in [3.05, 3.63) is 59.5 Å². The largest absolute Gasteiger partial charge is 0.383 e. The van der Waals surface area contributed by atoms with Crippen LogP contribution in [0.1, 0.15) is 52.9 Å². The van der Waals surface area contributed by atoms with Gasteiger partial charge in [0.25, 0.3) is 0 Å². The summed E-state index contributed by atoms with van der Waals surface area (Å²) in [6.45, 7) is 9.29. The summed E-state index contributed by atoms with van der Waals surface area (Å²) in [5.74, 6) is -0.185. The Morgan fingerprint density at radius 1 is 1.23 bits per heavy atom. The van der Waals surface area contributed by atoms with E-state index in [1.807, 2.05) is 20.8 Å². The average Bonchev–Trinajstić information content (AvgIpc) is 3.53. The monoisotopic (exact) mass is 629 g/mol. The van der Waals surface area contributed by atoms with Crippen molar-refractivity contribution in [3.63, 3.8) is 0 Å². The highest BCUT2D eigenvalue weighted by atomic mass is 35.5. The van der Waals surface area contributed by atoms with Crippen molar-refractivity contribution >= 4 is 38.6 Å². The number of imidazole rings is 1. The molecule has 0 radical (unpaired) electrons. The third-order valence-electron chi connectivity index (χ3n) is 8.03. The number of halogens is 2. The summed E-state index contributed by atoms with van der Waals surface area (Å²) in [4.78, 5) is 17.5. The Morgan fingerprint density at radius 2 is 2.00 bits per heavy atom. The van der Waals surface area contributed by atoms with E-state index in [0.717, 1.165) is 0 Å². The van der Waals surface area contributed by atoms with Crippen molar-refractivity contribution in [1.29, 1.82) is 0 Å². The normalized spacial score (nSPS) is 22.9. The predicted octanol–water partition coefficient (Wildman–Crippen LogP) is 4.73. The van der Waals surface area contributed by atoms with Gasteiger partial charge in [0.2, 0.25) is 16.0 Å². The second-order valence-corrected chi connectivity index (χ2v) is 14.2. The Balaban J connectivity index is 1.31. The van der Waals surface area contributed by atoms with Crippen LogP contribution in [0.15, 0.2) is 47.8 Å². The number of aliphatic hydroxyl groups is 1. The van der Waals surface area contributed by atoms with Crippen LogP contribution in [0.25, 0.3) is 22.3 Å². The fourth-order valence-electron chi connectivity index (χ4n) is 6.02. The van der Waals surface area contributed by atoms with Gasteiger partial charge in [0.05, 0.1) is 35.1 Å². The minimum absolute atomic E-state index is 0.105. The first kappa shape index (κ1) is 29.8. The van der Waals surface area contributed by atoms with E-state index in [4.69, 9.17) is 16.3 Å². The van der Waals surface area contributed by atoms with Crippen molar-refractivity contribution in [2.24, 2.45) is 5.92 Å². The molecule has 14 heteroatoms. The van der Waals surface area contributed by atoms with Crippen molar-refractivity contribution in [2.45, 2.75) is 75.9 Å². The second kappa shape index (κ2) is 10.7. The topological polar surface area (TPSA) is 135 Å². The van der Waals surface area contributed by atoms with Gasteiger partial charge in [-0.3, -0.25) is 4.98 Å². The van der Waals surface area contributed by atoms with E-state index in [1.165, 1.54) is 35.0 Å². The number of nitrogens with one attached hydrogen (secondary N) is 1. The molecule has 4 atom stereocenters. The van der Waals surface area contributed by atoms with Gasteiger partial charge in [-0.05, 0) is 58.4 Å². The number of anilines is 1. The molecular weight excluding hydrogens is 597 g/mol. The summed E-state index contributed by atoms with van der Waals surface area (Å²) in [5.41, 5.74) is 0.126. The van der Waals surface area contributed by atoms with Gasteiger partial charge in [-0.1, -0.05) is 18.5 Å². The van der Waals surface area contributed by atoms with E-state index in [-0.39, 0.29) is 52.0 Å². The number of ether oxygens (including phenoxy) is 1. The van der Waals surface area contributed by atoms with E-state index >= 15 is 4.39 Å². The lowest BCUT2D eigenvalue weighted by Crippen LogP contribution is -2.55. The summed E-state index contributed by atoms with van der Waals surface area (Å²) in [5, 5.41) is 14.3. The van der Waals surface area contributed by atoms with E-state index in [0.29, 0.717) is 29.0 Å². The maximum atomic E-state index is 15.5. The van der Waals surface area contributed by atoms with Gasteiger partial charge in [0.15, 0.2) is 5.82 Å². The maximum absolute atomic E-state index is 15.5. The number of pyridine rings is 1. The summed E-state index contributed by atoms with van der Waals surface area (Å²) in [7, 11) is -3.80. The molecule has 3 aromatic heterocycles. The molecule has 4 aromatic rings. The molecule has 2 N–H and O–H groups in total. The van der Waals surface area contributed by atoms with Crippen LogP contribution >= 0.6 is 11.6 Å². The molecule has 2 fully saturated rings. The maximum Gasteiger partial charge on any atom is 0.247 e. The molecule has 5 heterocycles. The van der Waals surface area contributed by atoms with Gasteiger partial charge in [-0.15, -0.1) is 0 Å². The fourth-order valence-corrected chi connectivity index (χ4v) is 7.97. The number of nitrogens with zero attached hydrogens (tertiary/aromatic N) is 6. The van der Waals surface area contributed by atoms with Crippen LogP contribution in [0.2, 0.25) is 5.02 Å². The van der Waals surface area contributed by atoms with Crippen molar-refractivity contribution in [1.82, 2.24) is 28.8 Å². The summed E-state index contributed by atoms with van der Waals surface area (Å²) >= 11 is 6.53. The van der Waals surface area contributed by atoms with E-state index in [9.17, 15) is 13.5 Å². The van der Waals surface area contributed by atoms with Gasteiger partial charge < -0.3 is 19.7 Å². The van der Waals surface area contributed by atoms with Gasteiger partial charge >= 0.3 is 0 Å². The molecule has 1 unspecified atom stereocenters. The quantitative estimate of drug-likeness (QED) is 0.297. The van der Waals surface area contributed by atoms with Crippen molar-refractivity contribution < 1.29 is 22.7 Å². The SMILES string of the molecule is CC1[C@H](Nc2ncc(Cl)c(-c3cc(F)c4nc(C(C)(C)O)n(C(C)C)c4c3)n2)C[C@H]2CO[C@@H]1N2S(=O)(=O)c1cccnc1. The third kappa shape index (κ3) is 5.16. The van der Waals surface area contributed by atoms with Crippen molar-refractivity contribution in [2.75, 3.05) is 11.9 Å². The zero-order chi connectivity index (χ0) is 30.8. The predicted molar refractivity (Wildman–Crippen MR) is 159 cm³/mol. The molecule has 2 aliphatic rings. The molecule has 0 amide bonds. The third-order valence-corrected chi connectivity index (χ3v) is 10.2. The minimum Gasteiger partial charge on any atom is -0.383 e. The molecule has 2 saturated heterocycles. The van der Waals surface area contributed by atoms with Crippen LogP contribution in [-0.2, 0) is 20.4 Å². The molecule has 0 saturated carbocycles. The summed E-state index contributed by atoms with van der Waals surface area (Å²) in [6, 6.07) is 5.51. The number of sulfonamides is 1. The lowest BCUT2D eigenvalue weighted by molar-refractivity contribution is 0.00993. The highest BCUT2D eigenvalue weighted by molar-refractivity contribution is 7.89.